The zero-order valence-corrected chi connectivity index (χ0v) is 13.1. The number of nitrogens with zero attached hydrogens (tertiary/aromatic N) is 4. The van der Waals surface area contributed by atoms with E-state index in [1.807, 2.05) is 30.3 Å². The largest absolute Gasteiger partial charge is 0.397 e. The Morgan fingerprint density at radius 1 is 0.920 bits per heavy atom. The lowest BCUT2D eigenvalue weighted by Gasteiger charge is -2.02. The van der Waals surface area contributed by atoms with Crippen LogP contribution in [0.3, 0.4) is 0 Å². The molecule has 0 atom stereocenters. The Morgan fingerprint density at radius 3 is 2.72 bits per heavy atom. The predicted molar refractivity (Wildman–Crippen MR) is 96.6 cm³/mol. The number of nitrogen functional groups attached to an aromatic ring is 1. The number of pyridine rings is 3. The van der Waals surface area contributed by atoms with Crippen LogP contribution in [-0.4, -0.2) is 30.1 Å². The molecular weight excluding hydrogens is 314 g/mol. The SMILES string of the molecule is Nc1cncc(-c2cnc3[nH]nc(-c4cc5cccnc5[nH]4)c3c2)c1. The highest BCUT2D eigenvalue weighted by Crippen LogP contribution is 2.30. The van der Waals surface area contributed by atoms with Crippen LogP contribution in [0.4, 0.5) is 5.69 Å². The van der Waals surface area contributed by atoms with Gasteiger partial charge in [-0.05, 0) is 30.3 Å². The molecule has 0 saturated heterocycles. The summed E-state index contributed by atoms with van der Waals surface area (Å²) in [5.74, 6) is 0. The number of rotatable bonds is 2. The Balaban J connectivity index is 1.70. The Labute approximate surface area is 142 Å². The number of nitrogens with one attached hydrogen (secondary N) is 2. The minimum Gasteiger partial charge on any atom is -0.397 e. The van der Waals surface area contributed by atoms with Crippen LogP contribution >= 0.6 is 0 Å². The van der Waals surface area contributed by atoms with E-state index in [1.54, 1.807) is 24.8 Å². The van der Waals surface area contributed by atoms with Crippen molar-refractivity contribution in [2.75, 3.05) is 5.73 Å². The average molecular weight is 327 g/mol. The first-order chi connectivity index (χ1) is 12.3. The molecule has 25 heavy (non-hydrogen) atoms. The standard InChI is InChI=1S/C18H13N7/c19-13-4-11(7-20-9-13)12-5-14-16(24-25-18(14)22-8-12)15-6-10-2-1-3-21-17(10)23-15/h1-9H,19H2,(H,21,23)(H,22,24,25). The minimum atomic E-state index is 0.617. The van der Waals surface area contributed by atoms with Gasteiger partial charge in [0.05, 0.1) is 11.4 Å². The fourth-order valence-electron chi connectivity index (χ4n) is 2.97. The molecule has 0 saturated carbocycles. The number of H-pyrrole nitrogens is 2. The summed E-state index contributed by atoms with van der Waals surface area (Å²) in [4.78, 5) is 16.3. The van der Waals surface area contributed by atoms with Crippen molar-refractivity contribution in [1.29, 1.82) is 0 Å². The topological polar surface area (TPSA) is 109 Å². The van der Waals surface area contributed by atoms with Gasteiger partial charge in [-0.2, -0.15) is 5.10 Å². The van der Waals surface area contributed by atoms with Crippen molar-refractivity contribution < 1.29 is 0 Å². The Morgan fingerprint density at radius 2 is 1.84 bits per heavy atom. The minimum absolute atomic E-state index is 0.617. The van der Waals surface area contributed by atoms with E-state index in [4.69, 9.17) is 5.73 Å². The molecule has 7 nitrogen and oxygen atoms in total. The number of aromatic amines is 2. The lowest BCUT2D eigenvalue weighted by atomic mass is 10.1. The molecule has 7 heteroatoms. The Hall–Kier alpha value is -3.74. The first-order valence-electron chi connectivity index (χ1n) is 7.77. The number of aromatic nitrogens is 6. The van der Waals surface area contributed by atoms with Crippen molar-refractivity contribution in [2.45, 2.75) is 0 Å². The third kappa shape index (κ3) is 2.21. The van der Waals surface area contributed by atoms with Gasteiger partial charge < -0.3 is 10.7 Å². The van der Waals surface area contributed by atoms with Crippen LogP contribution in [0.1, 0.15) is 0 Å². The summed E-state index contributed by atoms with van der Waals surface area (Å²) in [6.45, 7) is 0. The Kier molecular flexibility index (Phi) is 2.81. The van der Waals surface area contributed by atoms with E-state index in [0.717, 1.165) is 44.6 Å². The van der Waals surface area contributed by atoms with E-state index in [0.29, 0.717) is 5.69 Å². The number of fused-ring (bicyclic) bond motifs is 2. The second kappa shape index (κ2) is 5.13. The van der Waals surface area contributed by atoms with Crippen molar-refractivity contribution in [3.8, 4) is 22.5 Å². The molecule has 0 unspecified atom stereocenters. The molecule has 0 spiro atoms. The van der Waals surface area contributed by atoms with Crippen LogP contribution in [0.25, 0.3) is 44.6 Å². The average Bonchev–Trinajstić information content (AvgIpc) is 3.24. The molecule has 0 aliphatic rings. The molecular formula is C18H13N7. The van der Waals surface area contributed by atoms with Crippen LogP contribution < -0.4 is 5.73 Å². The van der Waals surface area contributed by atoms with Gasteiger partial charge in [0.1, 0.15) is 11.3 Å². The van der Waals surface area contributed by atoms with E-state index in [1.165, 1.54) is 0 Å². The van der Waals surface area contributed by atoms with Crippen LogP contribution in [0.5, 0.6) is 0 Å². The quantitative estimate of drug-likeness (QED) is 0.461. The maximum absolute atomic E-state index is 5.84. The summed E-state index contributed by atoms with van der Waals surface area (Å²) in [6, 6.07) is 9.88. The second-order valence-electron chi connectivity index (χ2n) is 5.82. The summed E-state index contributed by atoms with van der Waals surface area (Å²) >= 11 is 0. The lowest BCUT2D eigenvalue weighted by Crippen LogP contribution is -1.88. The number of hydrogen-bond acceptors (Lipinski definition) is 5. The third-order valence-corrected chi connectivity index (χ3v) is 4.16. The zero-order valence-electron chi connectivity index (χ0n) is 13.1. The molecule has 0 fully saturated rings. The zero-order chi connectivity index (χ0) is 16.8. The van der Waals surface area contributed by atoms with E-state index in [9.17, 15) is 0 Å². The lowest BCUT2D eigenvalue weighted by molar-refractivity contribution is 1.10. The highest BCUT2D eigenvalue weighted by molar-refractivity contribution is 5.95. The Bertz CT molecular complexity index is 1190. The molecule has 4 N–H and O–H groups in total. The molecule has 0 aliphatic heterocycles. The predicted octanol–water partition coefficient (Wildman–Crippen LogP) is 3.15. The normalized spacial score (nSPS) is 11.4. The second-order valence-corrected chi connectivity index (χ2v) is 5.82. The van der Waals surface area contributed by atoms with Crippen LogP contribution in [-0.2, 0) is 0 Å². The van der Waals surface area contributed by atoms with Gasteiger partial charge in [0.25, 0.3) is 0 Å². The fraction of sp³-hybridized carbons (Fsp3) is 0. The van der Waals surface area contributed by atoms with Crippen molar-refractivity contribution in [2.24, 2.45) is 0 Å². The molecule has 5 aromatic heterocycles. The monoisotopic (exact) mass is 327 g/mol. The van der Waals surface area contributed by atoms with Crippen LogP contribution in [0.15, 0.2) is 55.1 Å². The summed E-state index contributed by atoms with van der Waals surface area (Å²) in [5.41, 5.74) is 11.6. The molecule has 0 amide bonds. The van der Waals surface area contributed by atoms with Gasteiger partial charge in [-0.3, -0.25) is 10.1 Å². The van der Waals surface area contributed by atoms with Crippen molar-refractivity contribution in [3.05, 3.63) is 55.1 Å². The fourth-order valence-corrected chi connectivity index (χ4v) is 2.97. The first kappa shape index (κ1) is 13.7. The summed E-state index contributed by atoms with van der Waals surface area (Å²) in [7, 11) is 0. The maximum Gasteiger partial charge on any atom is 0.155 e. The van der Waals surface area contributed by atoms with Gasteiger partial charge in [-0.1, -0.05) is 0 Å². The molecule has 5 rings (SSSR count). The summed E-state index contributed by atoms with van der Waals surface area (Å²) < 4.78 is 0. The van der Waals surface area contributed by atoms with Gasteiger partial charge in [0.15, 0.2) is 5.65 Å². The maximum atomic E-state index is 5.84. The van der Waals surface area contributed by atoms with Crippen molar-refractivity contribution in [3.63, 3.8) is 0 Å². The molecule has 5 aromatic rings. The van der Waals surface area contributed by atoms with Gasteiger partial charge in [0.2, 0.25) is 0 Å². The number of anilines is 1. The van der Waals surface area contributed by atoms with Gasteiger partial charge >= 0.3 is 0 Å². The van der Waals surface area contributed by atoms with E-state index in [-0.39, 0.29) is 0 Å². The molecule has 5 heterocycles. The first-order valence-corrected chi connectivity index (χ1v) is 7.77. The highest BCUT2D eigenvalue weighted by atomic mass is 15.2. The van der Waals surface area contributed by atoms with E-state index < -0.39 is 0 Å². The van der Waals surface area contributed by atoms with Gasteiger partial charge in [0, 0.05) is 46.7 Å². The summed E-state index contributed by atoms with van der Waals surface area (Å²) in [5, 5.41) is 9.37. The van der Waals surface area contributed by atoms with Crippen molar-refractivity contribution >= 4 is 27.8 Å². The summed E-state index contributed by atoms with van der Waals surface area (Å²) in [6.07, 6.45) is 6.94. The van der Waals surface area contributed by atoms with Crippen LogP contribution in [0.2, 0.25) is 0 Å². The molecule has 120 valence electrons. The van der Waals surface area contributed by atoms with Crippen molar-refractivity contribution in [1.82, 2.24) is 30.1 Å². The van der Waals surface area contributed by atoms with E-state index in [2.05, 4.69) is 30.1 Å². The van der Waals surface area contributed by atoms with E-state index >= 15 is 0 Å². The molecule has 0 aromatic carbocycles. The number of nitrogens with two attached hydrogens (primary N) is 1. The molecule has 0 aliphatic carbocycles. The smallest absolute Gasteiger partial charge is 0.155 e. The highest BCUT2D eigenvalue weighted by Gasteiger charge is 2.13. The number of hydrogen-bond donors (Lipinski definition) is 3. The molecule has 0 radical (unpaired) electrons. The van der Waals surface area contributed by atoms with Gasteiger partial charge in [-0.25, -0.2) is 9.97 Å². The third-order valence-electron chi connectivity index (χ3n) is 4.16. The van der Waals surface area contributed by atoms with Crippen LogP contribution in [0, 0.1) is 0 Å². The van der Waals surface area contributed by atoms with Gasteiger partial charge in [-0.15, -0.1) is 0 Å². The molecule has 0 bridgehead atoms.